The highest BCUT2D eigenvalue weighted by molar-refractivity contribution is 9.10. The van der Waals surface area contributed by atoms with Crippen molar-refractivity contribution in [2.45, 2.75) is 13.0 Å². The summed E-state index contributed by atoms with van der Waals surface area (Å²) in [5.74, 6) is -0.909. The summed E-state index contributed by atoms with van der Waals surface area (Å²) in [5.41, 5.74) is 0.880. The Labute approximate surface area is 124 Å². The van der Waals surface area contributed by atoms with Crippen LogP contribution in [0.4, 0.5) is 14.5 Å². The van der Waals surface area contributed by atoms with Crippen molar-refractivity contribution >= 4 is 21.6 Å². The molecule has 1 atom stereocenters. The second kappa shape index (κ2) is 6.02. The molecule has 2 nitrogen and oxygen atoms in total. The average Bonchev–Trinajstić information content (AvgIpc) is 2.44. The molecule has 2 aromatic carbocycles. The average molecular weight is 337 g/mol. The minimum absolute atomic E-state index is 0.103. The molecule has 0 saturated carbocycles. The molecule has 2 aromatic rings. The third kappa shape index (κ3) is 2.81. The molecule has 0 spiro atoms. The van der Waals surface area contributed by atoms with Gasteiger partial charge in [0, 0.05) is 5.56 Å². The van der Waals surface area contributed by atoms with E-state index in [2.05, 4.69) is 21.2 Å². The molecule has 0 aromatic heterocycles. The molecule has 0 fully saturated rings. The van der Waals surface area contributed by atoms with Crippen molar-refractivity contribution in [3.63, 3.8) is 0 Å². The van der Waals surface area contributed by atoms with Crippen LogP contribution in [0.25, 0.3) is 0 Å². The van der Waals surface area contributed by atoms with Gasteiger partial charge in [-0.1, -0.05) is 18.2 Å². The molecular weight excluding hydrogens is 326 g/mol. The number of nitrogens with zero attached hydrogens (tertiary/aromatic N) is 1. The van der Waals surface area contributed by atoms with Crippen molar-refractivity contribution < 1.29 is 8.78 Å². The summed E-state index contributed by atoms with van der Waals surface area (Å²) in [6.07, 6.45) is 0. The van der Waals surface area contributed by atoms with Gasteiger partial charge in [0.25, 0.3) is 0 Å². The Morgan fingerprint density at radius 1 is 1.20 bits per heavy atom. The van der Waals surface area contributed by atoms with Crippen LogP contribution in [0.3, 0.4) is 0 Å². The zero-order valence-corrected chi connectivity index (χ0v) is 12.2. The van der Waals surface area contributed by atoms with E-state index in [9.17, 15) is 8.78 Å². The van der Waals surface area contributed by atoms with Crippen LogP contribution in [0.15, 0.2) is 40.9 Å². The van der Waals surface area contributed by atoms with Crippen molar-refractivity contribution in [3.05, 3.63) is 63.6 Å². The molecule has 2 rings (SSSR count). The normalized spacial score (nSPS) is 11.8. The van der Waals surface area contributed by atoms with Gasteiger partial charge in [0.2, 0.25) is 0 Å². The summed E-state index contributed by atoms with van der Waals surface area (Å²) in [6, 6.07) is 10.8. The molecule has 0 heterocycles. The number of nitriles is 1. The smallest absolute Gasteiger partial charge is 0.161 e. The predicted octanol–water partition coefficient (Wildman–Crippen LogP) is 4.77. The Bertz CT molecular complexity index is 680. The maximum Gasteiger partial charge on any atom is 0.161 e. The van der Waals surface area contributed by atoms with Crippen molar-refractivity contribution in [1.29, 1.82) is 5.26 Å². The Kier molecular flexibility index (Phi) is 4.35. The van der Waals surface area contributed by atoms with Gasteiger partial charge < -0.3 is 5.32 Å². The topological polar surface area (TPSA) is 35.8 Å². The van der Waals surface area contributed by atoms with Crippen molar-refractivity contribution in [1.82, 2.24) is 0 Å². The molecule has 0 saturated heterocycles. The van der Waals surface area contributed by atoms with Gasteiger partial charge in [0.05, 0.1) is 21.8 Å². The quantitative estimate of drug-likeness (QED) is 0.876. The number of anilines is 1. The first kappa shape index (κ1) is 14.5. The molecule has 0 bridgehead atoms. The Morgan fingerprint density at radius 2 is 1.90 bits per heavy atom. The fourth-order valence-corrected chi connectivity index (χ4v) is 2.32. The molecule has 102 valence electrons. The first-order valence-electron chi connectivity index (χ1n) is 5.93. The zero-order valence-electron chi connectivity index (χ0n) is 10.6. The van der Waals surface area contributed by atoms with E-state index >= 15 is 0 Å². The van der Waals surface area contributed by atoms with E-state index < -0.39 is 11.9 Å². The summed E-state index contributed by atoms with van der Waals surface area (Å²) >= 11 is 3.04. The van der Waals surface area contributed by atoms with Gasteiger partial charge in [0.1, 0.15) is 11.9 Å². The Morgan fingerprint density at radius 3 is 2.55 bits per heavy atom. The fraction of sp³-hybridized carbons (Fsp3) is 0.133. The number of hydrogen-bond donors (Lipinski definition) is 1. The molecule has 1 unspecified atom stereocenters. The highest BCUT2D eigenvalue weighted by Gasteiger charge is 2.15. The first-order valence-corrected chi connectivity index (χ1v) is 6.73. The minimum Gasteiger partial charge on any atom is -0.376 e. The summed E-state index contributed by atoms with van der Waals surface area (Å²) < 4.78 is 27.8. The lowest BCUT2D eigenvalue weighted by molar-refractivity contribution is 0.595. The lowest BCUT2D eigenvalue weighted by Crippen LogP contribution is -2.10. The third-order valence-corrected chi connectivity index (χ3v) is 3.72. The highest BCUT2D eigenvalue weighted by atomic mass is 79.9. The summed E-state index contributed by atoms with van der Waals surface area (Å²) in [4.78, 5) is 0. The number of benzene rings is 2. The first-order chi connectivity index (χ1) is 9.54. The van der Waals surface area contributed by atoms with Crippen LogP contribution in [-0.4, -0.2) is 0 Å². The lowest BCUT2D eigenvalue weighted by atomic mass is 10.1. The Balaban J connectivity index is 2.30. The van der Waals surface area contributed by atoms with Crippen LogP contribution in [0.1, 0.15) is 24.1 Å². The fourth-order valence-electron chi connectivity index (χ4n) is 1.88. The second-order valence-corrected chi connectivity index (χ2v) is 5.08. The molecule has 0 aliphatic carbocycles. The molecule has 0 aliphatic rings. The number of halogens is 3. The predicted molar refractivity (Wildman–Crippen MR) is 77.3 cm³/mol. The van der Waals surface area contributed by atoms with Crippen LogP contribution >= 0.6 is 15.9 Å². The van der Waals surface area contributed by atoms with Crippen molar-refractivity contribution in [3.8, 4) is 6.07 Å². The maximum absolute atomic E-state index is 14.1. The van der Waals surface area contributed by atoms with E-state index in [0.717, 1.165) is 0 Å². The van der Waals surface area contributed by atoms with Gasteiger partial charge in [-0.2, -0.15) is 5.26 Å². The van der Waals surface area contributed by atoms with Gasteiger partial charge in [-0.15, -0.1) is 0 Å². The van der Waals surface area contributed by atoms with Crippen LogP contribution in [0.2, 0.25) is 0 Å². The minimum atomic E-state index is -0.563. The summed E-state index contributed by atoms with van der Waals surface area (Å²) in [6.45, 7) is 1.74. The second-order valence-electron chi connectivity index (χ2n) is 4.29. The molecule has 20 heavy (non-hydrogen) atoms. The summed E-state index contributed by atoms with van der Waals surface area (Å²) in [5, 5.41) is 11.7. The van der Waals surface area contributed by atoms with E-state index in [-0.39, 0.29) is 21.5 Å². The van der Waals surface area contributed by atoms with Gasteiger partial charge in [-0.3, -0.25) is 0 Å². The zero-order chi connectivity index (χ0) is 14.7. The monoisotopic (exact) mass is 336 g/mol. The summed E-state index contributed by atoms with van der Waals surface area (Å²) in [7, 11) is 0. The Hall–Kier alpha value is -1.93. The molecule has 0 aliphatic heterocycles. The lowest BCUT2D eigenvalue weighted by Gasteiger charge is -2.17. The number of hydrogen-bond acceptors (Lipinski definition) is 2. The van der Waals surface area contributed by atoms with Crippen LogP contribution in [-0.2, 0) is 0 Å². The van der Waals surface area contributed by atoms with Crippen LogP contribution in [0.5, 0.6) is 0 Å². The van der Waals surface area contributed by atoms with Gasteiger partial charge >= 0.3 is 0 Å². The van der Waals surface area contributed by atoms with E-state index in [4.69, 9.17) is 5.26 Å². The van der Waals surface area contributed by atoms with Crippen LogP contribution in [0, 0.1) is 23.0 Å². The van der Waals surface area contributed by atoms with Gasteiger partial charge in [0.15, 0.2) is 5.82 Å². The van der Waals surface area contributed by atoms with E-state index in [1.807, 2.05) is 6.07 Å². The molecule has 0 amide bonds. The number of nitrogens with one attached hydrogen (secondary N) is 1. The highest BCUT2D eigenvalue weighted by Crippen LogP contribution is 2.29. The molecule has 1 N–H and O–H groups in total. The van der Waals surface area contributed by atoms with Crippen molar-refractivity contribution in [2.24, 2.45) is 0 Å². The van der Waals surface area contributed by atoms with Crippen LogP contribution < -0.4 is 5.32 Å². The maximum atomic E-state index is 14.1. The molecule has 5 heteroatoms. The third-order valence-electron chi connectivity index (χ3n) is 2.95. The molecular formula is C15H11BrF2N2. The van der Waals surface area contributed by atoms with Gasteiger partial charge in [-0.05, 0) is 41.1 Å². The number of rotatable bonds is 3. The van der Waals surface area contributed by atoms with E-state index in [0.29, 0.717) is 5.56 Å². The largest absolute Gasteiger partial charge is 0.376 e. The SMILES string of the molecule is CC(Nc1ccc(C#N)c(Br)c1F)c1ccccc1F. The van der Waals surface area contributed by atoms with Crippen molar-refractivity contribution in [2.75, 3.05) is 5.32 Å². The van der Waals surface area contributed by atoms with E-state index in [1.54, 1.807) is 25.1 Å². The van der Waals surface area contributed by atoms with Gasteiger partial charge in [-0.25, -0.2) is 8.78 Å². The molecule has 0 radical (unpaired) electrons. The van der Waals surface area contributed by atoms with E-state index in [1.165, 1.54) is 18.2 Å². The standard InChI is InChI=1S/C15H11BrF2N2/c1-9(11-4-2-3-5-12(11)17)20-13-7-6-10(8-19)14(16)15(13)18/h2-7,9,20H,1H3.